The maximum absolute atomic E-state index is 12.7. The molecule has 1 spiro atoms. The van der Waals surface area contributed by atoms with Crippen molar-refractivity contribution in [3.05, 3.63) is 33.8 Å². The average Bonchev–Trinajstić information content (AvgIpc) is 2.41. The van der Waals surface area contributed by atoms with Crippen LogP contribution >= 0.6 is 15.9 Å². The molecule has 5 nitrogen and oxygen atoms in total. The molecule has 0 unspecified atom stereocenters. The van der Waals surface area contributed by atoms with Crippen LogP contribution in [0.15, 0.2) is 22.7 Å². The molecule has 1 fully saturated rings. The van der Waals surface area contributed by atoms with Crippen LogP contribution in [0.25, 0.3) is 0 Å². The monoisotopic (exact) mass is 351 g/mol. The van der Waals surface area contributed by atoms with Crippen LogP contribution in [0.3, 0.4) is 0 Å². The predicted molar refractivity (Wildman–Crippen MR) is 77.7 cm³/mol. The zero-order valence-electron chi connectivity index (χ0n) is 11.5. The number of rotatable bonds is 2. The first kappa shape index (κ1) is 14.3. The lowest BCUT2D eigenvalue weighted by Gasteiger charge is -2.47. The van der Waals surface area contributed by atoms with Gasteiger partial charge in [-0.15, -0.1) is 0 Å². The summed E-state index contributed by atoms with van der Waals surface area (Å²) in [6.45, 7) is -0.328. The van der Waals surface area contributed by atoms with Gasteiger partial charge in [0.05, 0.1) is 12.5 Å². The first-order valence-corrected chi connectivity index (χ1v) is 7.52. The van der Waals surface area contributed by atoms with Crippen LogP contribution in [0, 0.1) is 0 Å². The van der Waals surface area contributed by atoms with Gasteiger partial charge in [0.2, 0.25) is 5.91 Å². The first-order valence-electron chi connectivity index (χ1n) is 6.73. The Morgan fingerprint density at radius 1 is 1.38 bits per heavy atom. The second-order valence-electron chi connectivity index (χ2n) is 5.40. The number of halogens is 1. The topological polar surface area (TPSA) is 63.7 Å². The SMILES string of the molecule is COC(=O)CN1C(=O)c2ccc(Br)cc2C2(CCC2)C1=O. The van der Waals surface area contributed by atoms with E-state index in [-0.39, 0.29) is 12.5 Å². The maximum atomic E-state index is 12.7. The molecule has 2 aliphatic rings. The van der Waals surface area contributed by atoms with Crippen LogP contribution in [0.4, 0.5) is 0 Å². The fourth-order valence-electron chi connectivity index (χ4n) is 3.06. The van der Waals surface area contributed by atoms with Crippen LogP contribution in [0.5, 0.6) is 0 Å². The molecule has 0 atom stereocenters. The normalized spacial score (nSPS) is 19.2. The van der Waals surface area contributed by atoms with Gasteiger partial charge in [-0.05, 0) is 36.6 Å². The van der Waals surface area contributed by atoms with Gasteiger partial charge in [0.15, 0.2) is 0 Å². The quantitative estimate of drug-likeness (QED) is 0.604. The number of hydrogen-bond donors (Lipinski definition) is 0. The Labute approximate surface area is 130 Å². The van der Waals surface area contributed by atoms with E-state index < -0.39 is 17.3 Å². The highest BCUT2D eigenvalue weighted by Gasteiger charge is 2.54. The molecule has 0 radical (unpaired) electrons. The molecule has 1 heterocycles. The fraction of sp³-hybridized carbons (Fsp3) is 0.400. The summed E-state index contributed by atoms with van der Waals surface area (Å²) >= 11 is 3.39. The van der Waals surface area contributed by atoms with Crippen molar-refractivity contribution in [2.45, 2.75) is 24.7 Å². The summed E-state index contributed by atoms with van der Waals surface area (Å²) in [5.74, 6) is -1.30. The van der Waals surface area contributed by atoms with E-state index >= 15 is 0 Å². The van der Waals surface area contributed by atoms with Crippen LogP contribution in [0.2, 0.25) is 0 Å². The molecule has 0 aromatic heterocycles. The van der Waals surface area contributed by atoms with Gasteiger partial charge in [0.1, 0.15) is 6.54 Å². The van der Waals surface area contributed by atoms with Crippen molar-refractivity contribution in [3.63, 3.8) is 0 Å². The Morgan fingerprint density at radius 3 is 2.67 bits per heavy atom. The molecular formula is C15H14BrNO4. The third-order valence-electron chi connectivity index (χ3n) is 4.35. The number of benzene rings is 1. The molecule has 0 saturated heterocycles. The molecule has 1 aliphatic heterocycles. The number of fused-ring (bicyclic) bond motifs is 2. The lowest BCUT2D eigenvalue weighted by Crippen LogP contribution is -2.58. The number of imide groups is 1. The van der Waals surface area contributed by atoms with Crippen molar-refractivity contribution < 1.29 is 19.1 Å². The average molecular weight is 352 g/mol. The Hall–Kier alpha value is -1.69. The first-order chi connectivity index (χ1) is 9.99. The molecular weight excluding hydrogens is 338 g/mol. The number of ether oxygens (including phenoxy) is 1. The lowest BCUT2D eigenvalue weighted by molar-refractivity contribution is -0.149. The minimum atomic E-state index is -0.652. The standard InChI is InChI=1S/C15H14BrNO4/c1-21-12(18)8-17-13(19)10-4-3-9(16)7-11(10)15(14(17)20)5-2-6-15/h3-4,7H,2,5-6,8H2,1H3. The summed E-state index contributed by atoms with van der Waals surface area (Å²) in [6, 6.07) is 5.33. The second-order valence-corrected chi connectivity index (χ2v) is 6.31. The molecule has 6 heteroatoms. The van der Waals surface area contributed by atoms with Gasteiger partial charge in [-0.2, -0.15) is 0 Å². The van der Waals surface area contributed by atoms with E-state index in [9.17, 15) is 14.4 Å². The van der Waals surface area contributed by atoms with E-state index in [2.05, 4.69) is 20.7 Å². The van der Waals surface area contributed by atoms with E-state index in [1.807, 2.05) is 6.07 Å². The number of carbonyl (C=O) groups excluding carboxylic acids is 3. The van der Waals surface area contributed by atoms with Crippen LogP contribution < -0.4 is 0 Å². The Kier molecular flexibility index (Phi) is 3.36. The van der Waals surface area contributed by atoms with Gasteiger partial charge in [-0.1, -0.05) is 22.4 Å². The van der Waals surface area contributed by atoms with E-state index in [1.165, 1.54) is 7.11 Å². The minimum absolute atomic E-state index is 0.283. The largest absolute Gasteiger partial charge is 0.468 e. The minimum Gasteiger partial charge on any atom is -0.468 e. The second kappa shape index (κ2) is 4.94. The molecule has 1 aromatic carbocycles. The van der Waals surface area contributed by atoms with E-state index in [4.69, 9.17) is 0 Å². The fourth-order valence-corrected chi connectivity index (χ4v) is 3.42. The number of methoxy groups -OCH3 is 1. The lowest BCUT2D eigenvalue weighted by atomic mass is 9.61. The highest BCUT2D eigenvalue weighted by atomic mass is 79.9. The molecule has 2 amide bonds. The molecule has 1 aliphatic carbocycles. The van der Waals surface area contributed by atoms with Crippen molar-refractivity contribution in [1.29, 1.82) is 0 Å². The third kappa shape index (κ3) is 2.00. The summed E-state index contributed by atoms with van der Waals surface area (Å²) in [6.07, 6.45) is 2.36. The molecule has 1 aromatic rings. The Bertz CT molecular complexity index is 651. The van der Waals surface area contributed by atoms with E-state index in [1.54, 1.807) is 12.1 Å². The highest BCUT2D eigenvalue weighted by Crippen LogP contribution is 2.49. The van der Waals surface area contributed by atoms with Crippen molar-refractivity contribution >= 4 is 33.7 Å². The number of esters is 1. The molecule has 21 heavy (non-hydrogen) atoms. The maximum Gasteiger partial charge on any atom is 0.325 e. The summed E-state index contributed by atoms with van der Waals surface area (Å²) in [4.78, 5) is 37.8. The van der Waals surface area contributed by atoms with Crippen molar-refractivity contribution in [3.8, 4) is 0 Å². The van der Waals surface area contributed by atoms with Gasteiger partial charge in [0.25, 0.3) is 5.91 Å². The van der Waals surface area contributed by atoms with Crippen molar-refractivity contribution in [1.82, 2.24) is 4.90 Å². The van der Waals surface area contributed by atoms with Crippen molar-refractivity contribution in [2.75, 3.05) is 13.7 Å². The Morgan fingerprint density at radius 2 is 2.10 bits per heavy atom. The molecule has 110 valence electrons. The number of carbonyl (C=O) groups is 3. The van der Waals surface area contributed by atoms with Gasteiger partial charge in [-0.25, -0.2) is 0 Å². The molecule has 0 N–H and O–H groups in total. The number of amides is 2. The van der Waals surface area contributed by atoms with E-state index in [0.717, 1.165) is 21.4 Å². The van der Waals surface area contributed by atoms with Crippen molar-refractivity contribution in [2.24, 2.45) is 0 Å². The van der Waals surface area contributed by atoms with E-state index in [0.29, 0.717) is 18.4 Å². The summed E-state index contributed by atoms with van der Waals surface area (Å²) < 4.78 is 5.43. The van der Waals surface area contributed by atoms with Gasteiger partial charge >= 0.3 is 5.97 Å². The van der Waals surface area contributed by atoms with Crippen LogP contribution in [0.1, 0.15) is 35.2 Å². The third-order valence-corrected chi connectivity index (χ3v) is 4.84. The van der Waals surface area contributed by atoms with Gasteiger partial charge in [-0.3, -0.25) is 19.3 Å². The summed E-state index contributed by atoms with van der Waals surface area (Å²) in [7, 11) is 1.24. The molecule has 0 bridgehead atoms. The molecule has 3 rings (SSSR count). The van der Waals surface area contributed by atoms with Crippen LogP contribution in [-0.2, 0) is 19.7 Å². The zero-order valence-corrected chi connectivity index (χ0v) is 13.1. The zero-order chi connectivity index (χ0) is 15.2. The highest BCUT2D eigenvalue weighted by molar-refractivity contribution is 9.10. The number of nitrogens with zero attached hydrogens (tertiary/aromatic N) is 1. The summed E-state index contributed by atoms with van der Waals surface area (Å²) in [5.41, 5.74) is 0.627. The molecule has 1 saturated carbocycles. The predicted octanol–water partition coefficient (Wildman–Crippen LogP) is 2.03. The van der Waals surface area contributed by atoms with Gasteiger partial charge in [0, 0.05) is 10.0 Å². The Balaban J connectivity index is 2.10. The van der Waals surface area contributed by atoms with Gasteiger partial charge < -0.3 is 4.74 Å². The smallest absolute Gasteiger partial charge is 0.325 e. The summed E-state index contributed by atoms with van der Waals surface area (Å²) in [5, 5.41) is 0. The number of hydrogen-bond acceptors (Lipinski definition) is 4. The van der Waals surface area contributed by atoms with Crippen LogP contribution in [-0.4, -0.2) is 36.3 Å².